The fourth-order valence-corrected chi connectivity index (χ4v) is 1.28. The number of hydrogen-bond acceptors (Lipinski definition) is 5. The zero-order chi connectivity index (χ0) is 11.8. The summed E-state index contributed by atoms with van der Waals surface area (Å²) in [5, 5.41) is 16.2. The van der Waals surface area contributed by atoms with E-state index in [0.717, 1.165) is 0 Å². The first-order chi connectivity index (χ1) is 7.50. The lowest BCUT2D eigenvalue weighted by molar-refractivity contribution is -0.141. The predicted molar refractivity (Wildman–Crippen MR) is 57.1 cm³/mol. The lowest BCUT2D eigenvalue weighted by Crippen LogP contribution is -2.39. The average Bonchev–Trinajstić information content (AvgIpc) is 2.65. The van der Waals surface area contributed by atoms with Gasteiger partial charge in [0, 0.05) is 6.20 Å². The summed E-state index contributed by atoms with van der Waals surface area (Å²) in [5.41, 5.74) is -0.0456. The van der Waals surface area contributed by atoms with Crippen molar-refractivity contribution in [3.63, 3.8) is 0 Å². The van der Waals surface area contributed by atoms with Gasteiger partial charge in [0.2, 0.25) is 0 Å². The number of pyridine rings is 1. The molecule has 2 N–H and O–H groups in total. The SMILES string of the molecule is CC(C)(Nc1ccnc2oncc12)C(=O)O. The first-order valence-electron chi connectivity index (χ1n) is 4.72. The molecule has 0 aliphatic heterocycles. The molecule has 0 bridgehead atoms. The van der Waals surface area contributed by atoms with Crippen molar-refractivity contribution in [2.24, 2.45) is 0 Å². The van der Waals surface area contributed by atoms with E-state index in [4.69, 9.17) is 9.63 Å². The Morgan fingerprint density at radius 1 is 1.56 bits per heavy atom. The van der Waals surface area contributed by atoms with Crippen LogP contribution in [-0.2, 0) is 4.79 Å². The molecule has 0 amide bonds. The Labute approximate surface area is 91.3 Å². The number of hydrogen-bond donors (Lipinski definition) is 2. The Balaban J connectivity index is 2.41. The number of carboxylic acid groups (broad SMARTS) is 1. The highest BCUT2D eigenvalue weighted by Crippen LogP contribution is 2.24. The zero-order valence-electron chi connectivity index (χ0n) is 8.89. The molecule has 0 unspecified atom stereocenters. The van der Waals surface area contributed by atoms with Gasteiger partial charge >= 0.3 is 5.97 Å². The summed E-state index contributed by atoms with van der Waals surface area (Å²) in [6, 6.07) is 1.68. The summed E-state index contributed by atoms with van der Waals surface area (Å²) in [6.45, 7) is 3.16. The number of aliphatic carboxylic acids is 1. The largest absolute Gasteiger partial charge is 0.480 e. The summed E-state index contributed by atoms with van der Waals surface area (Å²) in [7, 11) is 0. The van der Waals surface area contributed by atoms with Gasteiger partial charge < -0.3 is 14.9 Å². The van der Waals surface area contributed by atoms with E-state index < -0.39 is 11.5 Å². The summed E-state index contributed by atoms with van der Waals surface area (Å²) in [6.07, 6.45) is 3.04. The van der Waals surface area contributed by atoms with Crippen molar-refractivity contribution in [1.29, 1.82) is 0 Å². The highest BCUT2D eigenvalue weighted by molar-refractivity contribution is 5.90. The molecule has 0 aliphatic rings. The van der Waals surface area contributed by atoms with Crippen molar-refractivity contribution in [2.45, 2.75) is 19.4 Å². The average molecular weight is 221 g/mol. The van der Waals surface area contributed by atoms with Crippen LogP contribution in [0.25, 0.3) is 11.1 Å². The van der Waals surface area contributed by atoms with Crippen LogP contribution in [0.3, 0.4) is 0 Å². The zero-order valence-corrected chi connectivity index (χ0v) is 8.89. The molecule has 6 heteroatoms. The number of fused-ring (bicyclic) bond motifs is 1. The third-order valence-electron chi connectivity index (χ3n) is 2.26. The molecule has 0 aromatic carbocycles. The highest BCUT2D eigenvalue weighted by Gasteiger charge is 2.27. The molecule has 0 saturated carbocycles. The van der Waals surface area contributed by atoms with E-state index >= 15 is 0 Å². The van der Waals surface area contributed by atoms with E-state index in [0.29, 0.717) is 16.8 Å². The van der Waals surface area contributed by atoms with Crippen LogP contribution in [0.1, 0.15) is 13.8 Å². The Hall–Kier alpha value is -2.11. The molecule has 0 fully saturated rings. The second-order valence-electron chi connectivity index (χ2n) is 3.96. The van der Waals surface area contributed by atoms with Crippen molar-refractivity contribution in [3.8, 4) is 0 Å². The number of nitrogens with one attached hydrogen (secondary N) is 1. The molecule has 84 valence electrons. The van der Waals surface area contributed by atoms with Gasteiger partial charge in [-0.05, 0) is 19.9 Å². The molecule has 2 aromatic heterocycles. The number of rotatable bonds is 3. The first kappa shape index (κ1) is 10.4. The fourth-order valence-electron chi connectivity index (χ4n) is 1.28. The van der Waals surface area contributed by atoms with Gasteiger partial charge in [-0.3, -0.25) is 0 Å². The molecule has 0 aliphatic carbocycles. The van der Waals surface area contributed by atoms with Gasteiger partial charge in [-0.15, -0.1) is 0 Å². The molecular formula is C10H11N3O3. The number of aromatic nitrogens is 2. The van der Waals surface area contributed by atoms with Crippen molar-refractivity contribution in [2.75, 3.05) is 5.32 Å². The van der Waals surface area contributed by atoms with Crippen molar-refractivity contribution < 1.29 is 14.4 Å². The highest BCUT2D eigenvalue weighted by atomic mass is 16.5. The molecule has 2 rings (SSSR count). The summed E-state index contributed by atoms with van der Waals surface area (Å²) in [4.78, 5) is 14.9. The van der Waals surface area contributed by atoms with Crippen molar-refractivity contribution >= 4 is 22.8 Å². The van der Waals surface area contributed by atoms with Crippen LogP contribution >= 0.6 is 0 Å². The second-order valence-corrected chi connectivity index (χ2v) is 3.96. The van der Waals surface area contributed by atoms with Gasteiger partial charge in [0.25, 0.3) is 5.71 Å². The van der Waals surface area contributed by atoms with E-state index in [1.165, 1.54) is 12.4 Å². The minimum absolute atomic E-state index is 0.381. The Kier molecular flexibility index (Phi) is 2.26. The van der Waals surface area contributed by atoms with E-state index in [2.05, 4.69) is 15.5 Å². The Morgan fingerprint density at radius 3 is 3.00 bits per heavy atom. The van der Waals surface area contributed by atoms with Gasteiger partial charge in [0.05, 0.1) is 17.3 Å². The number of nitrogens with zero attached hydrogens (tertiary/aromatic N) is 2. The maximum absolute atomic E-state index is 11.0. The molecule has 0 atom stereocenters. The number of anilines is 1. The van der Waals surface area contributed by atoms with Gasteiger partial charge in [0.1, 0.15) is 5.54 Å². The summed E-state index contributed by atoms with van der Waals surface area (Å²) < 4.78 is 4.88. The van der Waals surface area contributed by atoms with Crippen LogP contribution < -0.4 is 5.32 Å². The van der Waals surface area contributed by atoms with E-state index in [1.807, 2.05) is 0 Å². The maximum atomic E-state index is 11.0. The molecule has 0 radical (unpaired) electrons. The minimum atomic E-state index is -1.06. The van der Waals surface area contributed by atoms with E-state index in [9.17, 15) is 4.79 Å². The summed E-state index contributed by atoms with van der Waals surface area (Å²) >= 11 is 0. The van der Waals surface area contributed by atoms with Gasteiger partial charge in [-0.1, -0.05) is 5.16 Å². The van der Waals surface area contributed by atoms with Crippen LogP contribution in [-0.4, -0.2) is 26.8 Å². The second kappa shape index (κ2) is 3.48. The smallest absolute Gasteiger partial charge is 0.328 e. The van der Waals surface area contributed by atoms with Crippen LogP contribution in [0, 0.1) is 0 Å². The van der Waals surface area contributed by atoms with Crippen molar-refractivity contribution in [1.82, 2.24) is 10.1 Å². The van der Waals surface area contributed by atoms with Crippen LogP contribution in [0.5, 0.6) is 0 Å². The molecule has 2 heterocycles. The van der Waals surface area contributed by atoms with E-state index in [1.54, 1.807) is 19.9 Å². The Bertz CT molecular complexity index is 533. The molecule has 0 saturated heterocycles. The summed E-state index contributed by atoms with van der Waals surface area (Å²) in [5.74, 6) is -0.936. The maximum Gasteiger partial charge on any atom is 0.328 e. The third-order valence-corrected chi connectivity index (χ3v) is 2.26. The van der Waals surface area contributed by atoms with Gasteiger partial charge in [0.15, 0.2) is 0 Å². The van der Waals surface area contributed by atoms with Gasteiger partial charge in [-0.25, -0.2) is 9.78 Å². The molecule has 16 heavy (non-hydrogen) atoms. The van der Waals surface area contributed by atoms with Crippen LogP contribution in [0.15, 0.2) is 23.0 Å². The molecule has 2 aromatic rings. The standard InChI is InChI=1S/C10H11N3O3/c1-10(2,9(14)15)13-7-3-4-11-8-6(7)5-12-16-8/h3-5H,1-2H3,(H,11,13)(H,14,15). The van der Waals surface area contributed by atoms with Crippen molar-refractivity contribution in [3.05, 3.63) is 18.5 Å². The topological polar surface area (TPSA) is 88.3 Å². The monoisotopic (exact) mass is 221 g/mol. The lowest BCUT2D eigenvalue weighted by atomic mass is 10.1. The fraction of sp³-hybridized carbons (Fsp3) is 0.300. The van der Waals surface area contributed by atoms with Gasteiger partial charge in [-0.2, -0.15) is 0 Å². The van der Waals surface area contributed by atoms with Crippen LogP contribution in [0.2, 0.25) is 0 Å². The predicted octanol–water partition coefficient (Wildman–Crippen LogP) is 1.50. The van der Waals surface area contributed by atoms with E-state index in [-0.39, 0.29) is 0 Å². The Morgan fingerprint density at radius 2 is 2.31 bits per heavy atom. The minimum Gasteiger partial charge on any atom is -0.480 e. The normalized spacial score (nSPS) is 11.6. The quantitative estimate of drug-likeness (QED) is 0.816. The third kappa shape index (κ3) is 1.69. The van der Waals surface area contributed by atoms with Crippen LogP contribution in [0.4, 0.5) is 5.69 Å². The number of carboxylic acids is 1. The number of carbonyl (C=O) groups is 1. The first-order valence-corrected chi connectivity index (χ1v) is 4.72. The molecule has 0 spiro atoms. The molecule has 6 nitrogen and oxygen atoms in total. The molecular weight excluding hydrogens is 210 g/mol. The lowest BCUT2D eigenvalue weighted by Gasteiger charge is -2.22.